The van der Waals surface area contributed by atoms with E-state index in [0.29, 0.717) is 11.5 Å². The molecule has 2 aliphatic carbocycles. The van der Waals surface area contributed by atoms with E-state index in [9.17, 15) is 13.9 Å². The maximum Gasteiger partial charge on any atom is 0.302 e. The zero-order valence-electron chi connectivity index (χ0n) is 15.7. The molecule has 0 radical (unpaired) electrons. The van der Waals surface area contributed by atoms with Gasteiger partial charge in [0.2, 0.25) is 0 Å². The SMILES string of the molecule is CCC1CCC(c2ccc(-c3ccc4c(c3)C=CC(O)C4(F)F)cc2)CC1. The van der Waals surface area contributed by atoms with Gasteiger partial charge in [-0.2, -0.15) is 8.78 Å². The smallest absolute Gasteiger partial charge is 0.302 e. The van der Waals surface area contributed by atoms with Gasteiger partial charge >= 0.3 is 5.92 Å². The Kier molecular flexibility index (Phi) is 4.90. The minimum absolute atomic E-state index is 0.106. The minimum Gasteiger partial charge on any atom is -0.382 e. The molecular weight excluding hydrogens is 342 g/mol. The van der Waals surface area contributed by atoms with Gasteiger partial charge in [-0.3, -0.25) is 0 Å². The summed E-state index contributed by atoms with van der Waals surface area (Å²) in [5, 5.41) is 9.52. The molecule has 1 saturated carbocycles. The third kappa shape index (κ3) is 3.45. The van der Waals surface area contributed by atoms with Crippen LogP contribution in [0.4, 0.5) is 8.78 Å². The molecule has 0 spiro atoms. The number of hydrogen-bond donors (Lipinski definition) is 1. The standard InChI is InChI=1S/C24H26F2O/c1-2-16-3-5-17(6-4-16)18-7-9-19(10-8-18)20-11-13-22-21(15-20)12-14-23(27)24(22,25)26/h7-17,23,27H,2-6H2,1H3. The van der Waals surface area contributed by atoms with E-state index in [1.807, 2.05) is 0 Å². The van der Waals surface area contributed by atoms with Crippen molar-refractivity contribution in [1.82, 2.24) is 0 Å². The van der Waals surface area contributed by atoms with Crippen LogP contribution in [0.25, 0.3) is 17.2 Å². The predicted octanol–water partition coefficient (Wildman–Crippen LogP) is 6.52. The summed E-state index contributed by atoms with van der Waals surface area (Å²) < 4.78 is 28.3. The van der Waals surface area contributed by atoms with Gasteiger partial charge in [0, 0.05) is 5.56 Å². The number of aliphatic hydroxyl groups excluding tert-OH is 1. The average molecular weight is 368 g/mol. The van der Waals surface area contributed by atoms with Crippen molar-refractivity contribution in [2.24, 2.45) is 5.92 Å². The maximum absolute atomic E-state index is 14.1. The second kappa shape index (κ2) is 7.20. The van der Waals surface area contributed by atoms with Crippen molar-refractivity contribution in [3.63, 3.8) is 0 Å². The highest BCUT2D eigenvalue weighted by Gasteiger charge is 2.42. The van der Waals surface area contributed by atoms with E-state index in [1.165, 1.54) is 49.8 Å². The summed E-state index contributed by atoms with van der Waals surface area (Å²) >= 11 is 0. The largest absolute Gasteiger partial charge is 0.382 e. The summed E-state index contributed by atoms with van der Waals surface area (Å²) in [4.78, 5) is 0. The lowest BCUT2D eigenvalue weighted by atomic mass is 9.77. The molecule has 1 nitrogen and oxygen atoms in total. The molecular formula is C24H26F2O. The molecule has 0 saturated heterocycles. The molecule has 4 rings (SSSR count). The van der Waals surface area contributed by atoms with Gasteiger partial charge in [-0.05, 0) is 71.9 Å². The molecule has 0 aliphatic heterocycles. The van der Waals surface area contributed by atoms with Crippen molar-refractivity contribution in [2.45, 2.75) is 57.0 Å². The number of fused-ring (bicyclic) bond motifs is 1. The van der Waals surface area contributed by atoms with E-state index in [2.05, 4.69) is 31.2 Å². The molecule has 0 bridgehead atoms. The lowest BCUT2D eigenvalue weighted by molar-refractivity contribution is -0.0939. The topological polar surface area (TPSA) is 20.2 Å². The summed E-state index contributed by atoms with van der Waals surface area (Å²) in [5.41, 5.74) is 3.72. The van der Waals surface area contributed by atoms with E-state index in [-0.39, 0.29) is 5.56 Å². The van der Waals surface area contributed by atoms with Crippen molar-refractivity contribution in [1.29, 1.82) is 0 Å². The zero-order chi connectivity index (χ0) is 19.0. The van der Waals surface area contributed by atoms with Crippen LogP contribution in [0.3, 0.4) is 0 Å². The molecule has 27 heavy (non-hydrogen) atoms. The Labute approximate surface area is 159 Å². The normalized spacial score (nSPS) is 26.6. The molecule has 1 N–H and O–H groups in total. The molecule has 1 atom stereocenters. The summed E-state index contributed by atoms with van der Waals surface area (Å²) in [6.45, 7) is 2.28. The van der Waals surface area contributed by atoms with Crippen molar-refractivity contribution in [2.75, 3.05) is 0 Å². The monoisotopic (exact) mass is 368 g/mol. The molecule has 3 heteroatoms. The maximum atomic E-state index is 14.1. The van der Waals surface area contributed by atoms with Crippen LogP contribution < -0.4 is 0 Å². The Morgan fingerprint density at radius 3 is 2.30 bits per heavy atom. The van der Waals surface area contributed by atoms with Crippen LogP contribution in [0.2, 0.25) is 0 Å². The van der Waals surface area contributed by atoms with Crippen molar-refractivity contribution in [3.8, 4) is 11.1 Å². The Hall–Kier alpha value is -2.00. The quantitative estimate of drug-likeness (QED) is 0.654. The summed E-state index contributed by atoms with van der Waals surface area (Å²) in [7, 11) is 0. The van der Waals surface area contributed by atoms with Crippen LogP contribution in [-0.2, 0) is 5.92 Å². The highest BCUT2D eigenvalue weighted by Crippen LogP contribution is 2.41. The number of aliphatic hydroxyl groups is 1. The molecule has 0 aromatic heterocycles. The molecule has 1 unspecified atom stereocenters. The van der Waals surface area contributed by atoms with Crippen LogP contribution >= 0.6 is 0 Å². The fourth-order valence-corrected chi connectivity index (χ4v) is 4.51. The second-order valence-electron chi connectivity index (χ2n) is 7.98. The van der Waals surface area contributed by atoms with Crippen LogP contribution in [0, 0.1) is 5.92 Å². The lowest BCUT2D eigenvalue weighted by Gasteiger charge is -2.28. The minimum atomic E-state index is -3.23. The van der Waals surface area contributed by atoms with Crippen LogP contribution in [-0.4, -0.2) is 11.2 Å². The van der Waals surface area contributed by atoms with Gasteiger partial charge in [0.1, 0.15) is 6.10 Å². The average Bonchev–Trinajstić information content (AvgIpc) is 2.71. The summed E-state index contributed by atoms with van der Waals surface area (Å²) in [5.74, 6) is -1.70. The van der Waals surface area contributed by atoms with Crippen molar-refractivity contribution >= 4 is 6.08 Å². The van der Waals surface area contributed by atoms with Gasteiger partial charge < -0.3 is 5.11 Å². The van der Waals surface area contributed by atoms with Gasteiger partial charge in [-0.1, -0.05) is 55.8 Å². The highest BCUT2D eigenvalue weighted by atomic mass is 19.3. The van der Waals surface area contributed by atoms with Crippen molar-refractivity contribution < 1.29 is 13.9 Å². The fourth-order valence-electron chi connectivity index (χ4n) is 4.51. The molecule has 1 fully saturated rings. The van der Waals surface area contributed by atoms with Crippen LogP contribution in [0.1, 0.15) is 61.6 Å². The van der Waals surface area contributed by atoms with E-state index in [1.54, 1.807) is 18.2 Å². The number of hydrogen-bond acceptors (Lipinski definition) is 1. The lowest BCUT2D eigenvalue weighted by Crippen LogP contribution is -2.32. The summed E-state index contributed by atoms with van der Waals surface area (Å²) in [6.07, 6.45) is 7.45. The first kappa shape index (κ1) is 18.4. The highest BCUT2D eigenvalue weighted by molar-refractivity contribution is 5.71. The zero-order valence-corrected chi connectivity index (χ0v) is 15.7. The van der Waals surface area contributed by atoms with Gasteiger partial charge in [-0.15, -0.1) is 0 Å². The molecule has 0 heterocycles. The summed E-state index contributed by atoms with van der Waals surface area (Å²) in [6, 6.07) is 13.5. The molecule has 0 amide bonds. The number of halogens is 2. The third-order valence-corrected chi connectivity index (χ3v) is 6.38. The third-order valence-electron chi connectivity index (χ3n) is 6.38. The molecule has 142 valence electrons. The Morgan fingerprint density at radius 2 is 1.63 bits per heavy atom. The fraction of sp³-hybridized carbons (Fsp3) is 0.417. The molecule has 2 aliphatic rings. The Balaban J connectivity index is 1.55. The van der Waals surface area contributed by atoms with E-state index in [4.69, 9.17) is 0 Å². The number of alkyl halides is 2. The van der Waals surface area contributed by atoms with Gasteiger partial charge in [0.05, 0.1) is 0 Å². The second-order valence-corrected chi connectivity index (χ2v) is 7.98. The van der Waals surface area contributed by atoms with E-state index in [0.717, 1.165) is 17.0 Å². The first-order chi connectivity index (χ1) is 13.0. The number of benzene rings is 2. The number of rotatable bonds is 3. The molecule has 2 aromatic carbocycles. The Morgan fingerprint density at radius 1 is 0.963 bits per heavy atom. The van der Waals surface area contributed by atoms with E-state index >= 15 is 0 Å². The van der Waals surface area contributed by atoms with Crippen molar-refractivity contribution in [3.05, 3.63) is 65.2 Å². The van der Waals surface area contributed by atoms with Crippen LogP contribution in [0.5, 0.6) is 0 Å². The van der Waals surface area contributed by atoms with Gasteiger partial charge in [0.15, 0.2) is 0 Å². The van der Waals surface area contributed by atoms with Gasteiger partial charge in [-0.25, -0.2) is 0 Å². The van der Waals surface area contributed by atoms with E-state index < -0.39 is 12.0 Å². The first-order valence-corrected chi connectivity index (χ1v) is 9.98. The Bertz CT molecular complexity index is 830. The van der Waals surface area contributed by atoms with Crippen LogP contribution in [0.15, 0.2) is 48.5 Å². The molecule has 2 aromatic rings. The first-order valence-electron chi connectivity index (χ1n) is 9.98. The van der Waals surface area contributed by atoms with Gasteiger partial charge in [0.25, 0.3) is 0 Å². The predicted molar refractivity (Wildman–Crippen MR) is 106 cm³/mol.